The second-order valence-corrected chi connectivity index (χ2v) is 6.69. The first-order chi connectivity index (χ1) is 11.5. The van der Waals surface area contributed by atoms with Crippen LogP contribution in [0.4, 0.5) is 5.95 Å². The van der Waals surface area contributed by atoms with Crippen LogP contribution >= 0.6 is 0 Å². The first-order valence-electron chi connectivity index (χ1n) is 8.65. The van der Waals surface area contributed by atoms with Gasteiger partial charge in [-0.3, -0.25) is 9.69 Å². The monoisotopic (exact) mass is 335 g/mol. The number of nitrogens with one attached hydrogen (secondary N) is 2. The van der Waals surface area contributed by atoms with Gasteiger partial charge in [0.1, 0.15) is 0 Å². The van der Waals surface area contributed by atoms with Gasteiger partial charge in [-0.2, -0.15) is 0 Å². The highest BCUT2D eigenvalue weighted by Gasteiger charge is 2.33. The molecule has 134 valence electrons. The molecule has 1 amide bonds. The number of amides is 1. The molecule has 0 bridgehead atoms. The summed E-state index contributed by atoms with van der Waals surface area (Å²) in [4.78, 5) is 23.1. The summed E-state index contributed by atoms with van der Waals surface area (Å²) in [5.74, 6) is 0.887. The third-order valence-corrected chi connectivity index (χ3v) is 4.01. The second kappa shape index (κ2) is 8.94. The molecule has 1 saturated heterocycles. The van der Waals surface area contributed by atoms with E-state index >= 15 is 0 Å². The molecule has 0 saturated carbocycles. The summed E-state index contributed by atoms with van der Waals surface area (Å²) in [5, 5.41) is 6.11. The normalized spacial score (nSPS) is 23.0. The summed E-state index contributed by atoms with van der Waals surface area (Å²) in [6.07, 6.45) is 3.67. The molecule has 2 rings (SSSR count). The highest BCUT2D eigenvalue weighted by molar-refractivity contribution is 5.82. The SMILES string of the molecule is CC(C)[C@@H](C(=O)NCCNc1ncccn1)N1C[C@@H](C)O[C@H](C)C1. The molecule has 1 aromatic rings. The van der Waals surface area contributed by atoms with Crippen molar-refractivity contribution in [3.05, 3.63) is 18.5 Å². The number of rotatable bonds is 7. The van der Waals surface area contributed by atoms with E-state index in [-0.39, 0.29) is 30.1 Å². The maximum atomic E-state index is 12.7. The summed E-state index contributed by atoms with van der Waals surface area (Å²) in [7, 11) is 0. The standard InChI is InChI=1S/C17H29N5O2/c1-12(2)15(22-10-13(3)24-14(4)11-22)16(23)18-8-9-21-17-19-6-5-7-20-17/h5-7,12-15H,8-11H2,1-4H3,(H,18,23)(H,19,20,21)/t13-,14-,15+/m1/s1. The number of morpholine rings is 1. The van der Waals surface area contributed by atoms with Gasteiger partial charge >= 0.3 is 0 Å². The van der Waals surface area contributed by atoms with Crippen LogP contribution in [0.3, 0.4) is 0 Å². The van der Waals surface area contributed by atoms with E-state index in [1.807, 2.05) is 0 Å². The van der Waals surface area contributed by atoms with Crippen LogP contribution in [0.15, 0.2) is 18.5 Å². The van der Waals surface area contributed by atoms with E-state index in [2.05, 4.69) is 53.2 Å². The number of carbonyl (C=O) groups excluding carboxylic acids is 1. The largest absolute Gasteiger partial charge is 0.373 e. The molecule has 1 aliphatic heterocycles. The Morgan fingerprint density at radius 3 is 2.46 bits per heavy atom. The molecule has 0 spiro atoms. The molecular weight excluding hydrogens is 306 g/mol. The number of nitrogens with zero attached hydrogens (tertiary/aromatic N) is 3. The molecule has 1 aromatic heterocycles. The zero-order chi connectivity index (χ0) is 17.5. The Labute approximate surface area is 144 Å². The highest BCUT2D eigenvalue weighted by Crippen LogP contribution is 2.18. The van der Waals surface area contributed by atoms with Gasteiger partial charge in [-0.1, -0.05) is 13.8 Å². The molecule has 1 fully saturated rings. The van der Waals surface area contributed by atoms with E-state index in [0.717, 1.165) is 13.1 Å². The van der Waals surface area contributed by atoms with E-state index < -0.39 is 0 Å². The van der Waals surface area contributed by atoms with Gasteiger partial charge in [-0.15, -0.1) is 0 Å². The number of aromatic nitrogens is 2. The molecule has 2 heterocycles. The highest BCUT2D eigenvalue weighted by atomic mass is 16.5. The predicted molar refractivity (Wildman–Crippen MR) is 93.7 cm³/mol. The Morgan fingerprint density at radius 2 is 1.88 bits per heavy atom. The summed E-state index contributed by atoms with van der Waals surface area (Å²) in [6.45, 7) is 11.0. The van der Waals surface area contributed by atoms with Crippen molar-refractivity contribution in [2.75, 3.05) is 31.5 Å². The average Bonchev–Trinajstić information content (AvgIpc) is 2.51. The first kappa shape index (κ1) is 18.6. The van der Waals surface area contributed by atoms with Crippen molar-refractivity contribution in [2.24, 2.45) is 5.92 Å². The van der Waals surface area contributed by atoms with Crippen LogP contribution in [0.1, 0.15) is 27.7 Å². The number of carbonyl (C=O) groups is 1. The van der Waals surface area contributed by atoms with Gasteiger partial charge in [0.05, 0.1) is 18.2 Å². The van der Waals surface area contributed by atoms with Crippen LogP contribution in [0.2, 0.25) is 0 Å². The fourth-order valence-electron chi connectivity index (χ4n) is 3.19. The molecule has 0 aliphatic carbocycles. The van der Waals surface area contributed by atoms with Gasteiger partial charge in [-0.25, -0.2) is 9.97 Å². The Bertz CT molecular complexity index is 501. The van der Waals surface area contributed by atoms with E-state index in [0.29, 0.717) is 19.0 Å². The van der Waals surface area contributed by atoms with E-state index in [4.69, 9.17) is 4.74 Å². The smallest absolute Gasteiger partial charge is 0.237 e. The van der Waals surface area contributed by atoms with Crippen molar-refractivity contribution in [3.63, 3.8) is 0 Å². The maximum Gasteiger partial charge on any atom is 0.237 e. The van der Waals surface area contributed by atoms with Crippen LogP contribution in [0.5, 0.6) is 0 Å². The lowest BCUT2D eigenvalue weighted by molar-refractivity contribution is -0.135. The van der Waals surface area contributed by atoms with Crippen molar-refractivity contribution < 1.29 is 9.53 Å². The van der Waals surface area contributed by atoms with Crippen molar-refractivity contribution in [1.29, 1.82) is 0 Å². The fourth-order valence-corrected chi connectivity index (χ4v) is 3.19. The minimum atomic E-state index is -0.133. The third kappa shape index (κ3) is 5.42. The topological polar surface area (TPSA) is 79.4 Å². The number of ether oxygens (including phenoxy) is 1. The first-order valence-corrected chi connectivity index (χ1v) is 8.65. The minimum Gasteiger partial charge on any atom is -0.373 e. The van der Waals surface area contributed by atoms with Crippen LogP contribution in [-0.4, -0.2) is 65.2 Å². The molecule has 1 aliphatic rings. The van der Waals surface area contributed by atoms with Crippen molar-refractivity contribution in [3.8, 4) is 0 Å². The van der Waals surface area contributed by atoms with Crippen LogP contribution in [0.25, 0.3) is 0 Å². The number of hydrogen-bond acceptors (Lipinski definition) is 6. The Balaban J connectivity index is 1.83. The third-order valence-electron chi connectivity index (χ3n) is 4.01. The summed E-state index contributed by atoms with van der Waals surface area (Å²) in [6, 6.07) is 1.64. The van der Waals surface area contributed by atoms with Crippen molar-refractivity contribution in [1.82, 2.24) is 20.2 Å². The predicted octanol–water partition coefficient (Wildman–Crippen LogP) is 1.14. The van der Waals surface area contributed by atoms with Gasteiger partial charge < -0.3 is 15.4 Å². The lowest BCUT2D eigenvalue weighted by Crippen LogP contribution is -2.57. The molecule has 24 heavy (non-hydrogen) atoms. The van der Waals surface area contributed by atoms with Gasteiger partial charge in [0.15, 0.2) is 0 Å². The molecule has 7 heteroatoms. The van der Waals surface area contributed by atoms with Gasteiger partial charge in [0, 0.05) is 38.6 Å². The number of hydrogen-bond donors (Lipinski definition) is 2. The van der Waals surface area contributed by atoms with E-state index in [1.54, 1.807) is 18.5 Å². The lowest BCUT2D eigenvalue weighted by atomic mass is 9.99. The van der Waals surface area contributed by atoms with Gasteiger partial charge in [0.25, 0.3) is 0 Å². The summed E-state index contributed by atoms with van der Waals surface area (Å²) in [5.41, 5.74) is 0. The van der Waals surface area contributed by atoms with Crippen molar-refractivity contribution >= 4 is 11.9 Å². The average molecular weight is 335 g/mol. The minimum absolute atomic E-state index is 0.0714. The molecule has 2 N–H and O–H groups in total. The maximum absolute atomic E-state index is 12.7. The second-order valence-electron chi connectivity index (χ2n) is 6.69. The quantitative estimate of drug-likeness (QED) is 0.728. The lowest BCUT2D eigenvalue weighted by Gasteiger charge is -2.41. The molecule has 0 aromatic carbocycles. The summed E-state index contributed by atoms with van der Waals surface area (Å²) >= 11 is 0. The van der Waals surface area contributed by atoms with E-state index in [9.17, 15) is 4.79 Å². The molecule has 0 unspecified atom stereocenters. The van der Waals surface area contributed by atoms with Crippen molar-refractivity contribution in [2.45, 2.75) is 45.9 Å². The molecule has 7 nitrogen and oxygen atoms in total. The summed E-state index contributed by atoms with van der Waals surface area (Å²) < 4.78 is 5.78. The Morgan fingerprint density at radius 1 is 1.25 bits per heavy atom. The Kier molecular flexibility index (Phi) is 6.93. The zero-order valence-electron chi connectivity index (χ0n) is 15.0. The van der Waals surface area contributed by atoms with Gasteiger partial charge in [-0.05, 0) is 25.8 Å². The zero-order valence-corrected chi connectivity index (χ0v) is 15.0. The van der Waals surface area contributed by atoms with E-state index in [1.165, 1.54) is 0 Å². The van der Waals surface area contributed by atoms with Crippen LogP contribution < -0.4 is 10.6 Å². The fraction of sp³-hybridized carbons (Fsp3) is 0.706. The molecule has 0 radical (unpaired) electrons. The Hall–Kier alpha value is -1.73. The van der Waals surface area contributed by atoms with Gasteiger partial charge in [0.2, 0.25) is 11.9 Å². The van der Waals surface area contributed by atoms with Crippen LogP contribution in [-0.2, 0) is 9.53 Å². The molecular formula is C17H29N5O2. The molecule has 3 atom stereocenters. The number of anilines is 1. The van der Waals surface area contributed by atoms with Crippen LogP contribution in [0, 0.1) is 5.92 Å².